The van der Waals surface area contributed by atoms with Crippen molar-refractivity contribution in [3.05, 3.63) is 120 Å². The molecule has 240 valence electrons. The molecule has 0 heterocycles. The van der Waals surface area contributed by atoms with E-state index < -0.39 is 0 Å². The normalized spacial score (nSPS) is 28.5. The molecule has 0 saturated heterocycles. The monoisotopic (exact) mass is 608 g/mol. The maximum absolute atomic E-state index is 2.63. The van der Waals surface area contributed by atoms with Crippen LogP contribution in [0, 0.1) is 23.2 Å². The van der Waals surface area contributed by atoms with E-state index in [2.05, 4.69) is 105 Å². The fourth-order valence-corrected chi connectivity index (χ4v) is 10.5. The average Bonchev–Trinajstić information content (AvgIpc) is 3.48. The fourth-order valence-electron chi connectivity index (χ4n) is 10.5. The molecule has 0 radical (unpaired) electrons. The summed E-state index contributed by atoms with van der Waals surface area (Å²) in [5.41, 5.74) is 25.7. The van der Waals surface area contributed by atoms with Crippen LogP contribution in [0.15, 0.2) is 104 Å². The van der Waals surface area contributed by atoms with E-state index in [9.17, 15) is 0 Å². The first-order valence-electron chi connectivity index (χ1n) is 18.8. The molecule has 0 heteroatoms. The Bertz CT molecular complexity index is 1800. The van der Waals surface area contributed by atoms with Crippen LogP contribution >= 0.6 is 0 Å². The van der Waals surface area contributed by atoms with Crippen LogP contribution in [0.25, 0.3) is 5.57 Å². The zero-order chi connectivity index (χ0) is 32.3. The first-order chi connectivity index (χ1) is 21.9. The summed E-state index contributed by atoms with van der Waals surface area (Å²) in [5, 5.41) is 0. The Balaban J connectivity index is 1.28. The zero-order valence-electron chi connectivity index (χ0n) is 30.2. The number of fused-ring (bicyclic) bond motifs is 6. The highest BCUT2D eigenvalue weighted by molar-refractivity contribution is 5.92. The molecule has 1 aromatic rings. The molecule has 0 nitrogen and oxygen atoms in total. The van der Waals surface area contributed by atoms with Crippen molar-refractivity contribution in [3.8, 4) is 0 Å². The van der Waals surface area contributed by atoms with Crippen LogP contribution in [0.4, 0.5) is 0 Å². The van der Waals surface area contributed by atoms with Crippen LogP contribution in [0.2, 0.25) is 0 Å². The van der Waals surface area contributed by atoms with Crippen LogP contribution in [0.1, 0.15) is 143 Å². The van der Waals surface area contributed by atoms with E-state index in [4.69, 9.17) is 0 Å². The summed E-state index contributed by atoms with van der Waals surface area (Å²) in [6, 6.07) is 7.52. The Morgan fingerprint density at radius 3 is 1.89 bits per heavy atom. The molecule has 0 fully saturated rings. The molecule has 0 aromatic heterocycles. The standard InChI is InChI=1S/C46H56/c1-10-27-14-17-32-30(13-12-22-45(4,5)6)26(3)36-24-38-34(41(27)43(32)36)20-21-35-39(38)25-40-37-23-29(46(7,8)9)16-19-31(37)33-18-15-28(11-2)42(35)44(33)40/h12-13,16-19,23,27-28,36,40H,10-11,14-15,20-22,24-25H2,1-9H3. The van der Waals surface area contributed by atoms with Gasteiger partial charge in [-0.1, -0.05) is 103 Å². The van der Waals surface area contributed by atoms with Gasteiger partial charge >= 0.3 is 0 Å². The molecule has 0 spiro atoms. The van der Waals surface area contributed by atoms with Gasteiger partial charge in [-0.15, -0.1) is 0 Å². The van der Waals surface area contributed by atoms with E-state index in [1.807, 2.05) is 0 Å². The number of hydrogen-bond acceptors (Lipinski definition) is 0. The summed E-state index contributed by atoms with van der Waals surface area (Å²) in [6.45, 7) is 21.6. The Morgan fingerprint density at radius 1 is 0.717 bits per heavy atom. The molecule has 0 amide bonds. The van der Waals surface area contributed by atoms with E-state index in [1.54, 1.807) is 72.4 Å². The Hall–Kier alpha value is -2.86. The molecule has 7 aliphatic carbocycles. The largest absolute Gasteiger partial charge is 0.0834 e. The smallest absolute Gasteiger partial charge is 0.0145 e. The maximum Gasteiger partial charge on any atom is 0.0145 e. The minimum atomic E-state index is 0.166. The minimum absolute atomic E-state index is 0.166. The van der Waals surface area contributed by atoms with Gasteiger partial charge in [-0.3, -0.25) is 0 Å². The number of rotatable bonds is 4. The third-order valence-corrected chi connectivity index (χ3v) is 12.9. The Kier molecular flexibility index (Phi) is 7.00. The topological polar surface area (TPSA) is 0 Å². The molecule has 0 N–H and O–H groups in total. The number of allylic oxidation sites excluding steroid dienone is 16. The van der Waals surface area contributed by atoms with E-state index in [1.165, 1.54) is 62.5 Å². The molecule has 0 aliphatic heterocycles. The van der Waals surface area contributed by atoms with Gasteiger partial charge in [0, 0.05) is 11.8 Å². The third-order valence-electron chi connectivity index (χ3n) is 12.9. The summed E-state index contributed by atoms with van der Waals surface area (Å²) >= 11 is 0. The molecular formula is C46H56. The van der Waals surface area contributed by atoms with Gasteiger partial charge in [0.15, 0.2) is 0 Å². The second-order valence-electron chi connectivity index (χ2n) is 17.8. The van der Waals surface area contributed by atoms with Crippen molar-refractivity contribution < 1.29 is 0 Å². The lowest BCUT2D eigenvalue weighted by Crippen LogP contribution is -2.28. The van der Waals surface area contributed by atoms with E-state index in [-0.39, 0.29) is 5.41 Å². The van der Waals surface area contributed by atoms with Gasteiger partial charge in [0.25, 0.3) is 0 Å². The van der Waals surface area contributed by atoms with E-state index >= 15 is 0 Å². The SMILES string of the molecule is CCC1CC=C2C(C=CCC(C)(C)C)=C(C)C3CC4=C(CCC5=C4CC4C6=C5C(CC)CC=C6c5ccc(C(C)(C)C)cc54)C1=C23. The third kappa shape index (κ3) is 4.44. The van der Waals surface area contributed by atoms with Gasteiger partial charge in [0.05, 0.1) is 0 Å². The van der Waals surface area contributed by atoms with Gasteiger partial charge in [-0.25, -0.2) is 0 Å². The number of benzene rings is 1. The predicted molar refractivity (Wildman–Crippen MR) is 197 cm³/mol. The Morgan fingerprint density at radius 2 is 1.30 bits per heavy atom. The second-order valence-corrected chi connectivity index (χ2v) is 17.8. The molecule has 4 atom stereocenters. The molecule has 4 unspecified atom stereocenters. The van der Waals surface area contributed by atoms with Crippen molar-refractivity contribution in [2.75, 3.05) is 0 Å². The highest BCUT2D eigenvalue weighted by atomic mass is 14.5. The van der Waals surface area contributed by atoms with E-state index in [0.29, 0.717) is 29.1 Å². The van der Waals surface area contributed by atoms with Crippen molar-refractivity contribution in [3.63, 3.8) is 0 Å². The van der Waals surface area contributed by atoms with Crippen LogP contribution in [-0.4, -0.2) is 0 Å². The highest BCUT2D eigenvalue weighted by Gasteiger charge is 2.47. The molecular weight excluding hydrogens is 553 g/mol. The van der Waals surface area contributed by atoms with Gasteiger partial charge < -0.3 is 0 Å². The first kappa shape index (κ1) is 30.5. The predicted octanol–water partition coefficient (Wildman–Crippen LogP) is 13.0. The van der Waals surface area contributed by atoms with Crippen molar-refractivity contribution >= 4 is 5.57 Å². The fraction of sp³-hybridized carbons (Fsp3) is 0.522. The van der Waals surface area contributed by atoms with Crippen LogP contribution in [0.3, 0.4) is 0 Å². The van der Waals surface area contributed by atoms with Crippen molar-refractivity contribution in [2.45, 2.75) is 131 Å². The zero-order valence-corrected chi connectivity index (χ0v) is 30.2. The van der Waals surface area contributed by atoms with Crippen LogP contribution in [0.5, 0.6) is 0 Å². The maximum atomic E-state index is 2.63. The summed E-state index contributed by atoms with van der Waals surface area (Å²) < 4.78 is 0. The van der Waals surface area contributed by atoms with Gasteiger partial charge in [-0.2, -0.15) is 0 Å². The Labute approximate surface area is 279 Å². The molecule has 7 aliphatic rings. The summed E-state index contributed by atoms with van der Waals surface area (Å²) in [6.07, 6.45) is 21.2. The molecule has 8 rings (SSSR count). The summed E-state index contributed by atoms with van der Waals surface area (Å²) in [5.74, 6) is 2.42. The lowest BCUT2D eigenvalue weighted by Gasteiger charge is -2.44. The van der Waals surface area contributed by atoms with Gasteiger partial charge in [-0.05, 0) is 165 Å². The van der Waals surface area contributed by atoms with E-state index in [0.717, 1.165) is 6.42 Å². The average molecular weight is 609 g/mol. The van der Waals surface area contributed by atoms with Gasteiger partial charge in [0.1, 0.15) is 0 Å². The highest BCUT2D eigenvalue weighted by Crippen LogP contribution is 2.64. The quantitative estimate of drug-likeness (QED) is 0.319. The lowest BCUT2D eigenvalue weighted by molar-refractivity contribution is 0.420. The first-order valence-corrected chi connectivity index (χ1v) is 18.8. The second kappa shape index (κ2) is 10.6. The van der Waals surface area contributed by atoms with Crippen LogP contribution < -0.4 is 0 Å². The minimum Gasteiger partial charge on any atom is -0.0834 e. The lowest BCUT2D eigenvalue weighted by atomic mass is 9.60. The molecule has 46 heavy (non-hydrogen) atoms. The number of hydrogen-bond donors (Lipinski definition) is 0. The van der Waals surface area contributed by atoms with Crippen LogP contribution in [-0.2, 0) is 5.41 Å². The van der Waals surface area contributed by atoms with Crippen molar-refractivity contribution in [1.29, 1.82) is 0 Å². The summed E-state index contributed by atoms with van der Waals surface area (Å²) in [4.78, 5) is 0. The molecule has 1 aromatic carbocycles. The van der Waals surface area contributed by atoms with Crippen molar-refractivity contribution in [1.82, 2.24) is 0 Å². The summed E-state index contributed by atoms with van der Waals surface area (Å²) in [7, 11) is 0. The molecule has 0 bridgehead atoms. The van der Waals surface area contributed by atoms with Crippen molar-refractivity contribution in [2.24, 2.45) is 23.2 Å². The molecule has 0 saturated carbocycles. The van der Waals surface area contributed by atoms with Gasteiger partial charge in [0.2, 0.25) is 0 Å².